The van der Waals surface area contributed by atoms with E-state index in [0.717, 1.165) is 9.80 Å². The first-order valence-corrected chi connectivity index (χ1v) is 10.3. The van der Waals surface area contributed by atoms with Crippen molar-refractivity contribution in [3.8, 4) is 0 Å². The summed E-state index contributed by atoms with van der Waals surface area (Å²) in [5, 5.41) is 0. The normalized spacial score (nSPS) is 19.4. The fourth-order valence-corrected chi connectivity index (χ4v) is 4.24. The summed E-state index contributed by atoms with van der Waals surface area (Å²) in [6, 6.07) is 11.4. The molecule has 0 unspecified atom stereocenters. The lowest BCUT2D eigenvalue weighted by Crippen LogP contribution is -3.19. The van der Waals surface area contributed by atoms with Crippen LogP contribution in [0.5, 0.6) is 0 Å². The number of rotatable bonds is 4. The highest BCUT2D eigenvalue weighted by Crippen LogP contribution is 2.23. The predicted octanol–water partition coefficient (Wildman–Crippen LogP) is 0.285. The number of methoxy groups -OCH3 is 1. The van der Waals surface area contributed by atoms with Crippen molar-refractivity contribution in [1.29, 1.82) is 0 Å². The molecule has 0 radical (unpaired) electrons. The second-order valence-corrected chi connectivity index (χ2v) is 7.79. The van der Waals surface area contributed by atoms with Crippen molar-refractivity contribution in [3.63, 3.8) is 0 Å². The number of nitrogens with one attached hydrogen (secondary N) is 1. The first-order chi connectivity index (χ1) is 15.4. The van der Waals surface area contributed by atoms with Crippen LogP contribution < -0.4 is 9.80 Å². The Morgan fingerprint density at radius 1 is 1.03 bits per heavy atom. The fraction of sp³-hybridized carbons (Fsp3) is 0.304. The number of nitrogens with zero attached hydrogens (tertiary/aromatic N) is 2. The number of hydrogen-bond donors (Lipinski definition) is 1. The molecule has 3 amide bonds. The second-order valence-electron chi connectivity index (χ2n) is 7.79. The number of piperazine rings is 1. The van der Waals surface area contributed by atoms with Crippen LogP contribution in [0.1, 0.15) is 27.1 Å². The van der Waals surface area contributed by atoms with Crippen molar-refractivity contribution < 1.29 is 33.2 Å². The number of carbonyl (C=O) groups is 4. The average Bonchev–Trinajstić information content (AvgIpc) is 3.12. The third-order valence-corrected chi connectivity index (χ3v) is 5.98. The molecule has 0 bridgehead atoms. The van der Waals surface area contributed by atoms with Gasteiger partial charge in [-0.3, -0.25) is 14.4 Å². The lowest BCUT2D eigenvalue weighted by atomic mass is 10.1. The minimum absolute atomic E-state index is 0.0321. The highest BCUT2D eigenvalue weighted by atomic mass is 19.1. The van der Waals surface area contributed by atoms with Gasteiger partial charge in [0.15, 0.2) is 6.04 Å². The molecule has 4 rings (SSSR count). The molecule has 0 aromatic heterocycles. The van der Waals surface area contributed by atoms with Gasteiger partial charge < -0.3 is 14.5 Å². The SMILES string of the molecule is COC(=O)c1ccc(N2C(=O)C[C@H]([NH+]3CCN(C(=O)c4ccccc4F)CC3)C2=O)cc1. The Labute approximate surface area is 184 Å². The van der Waals surface area contributed by atoms with Crippen molar-refractivity contribution in [2.24, 2.45) is 0 Å². The molecule has 2 aliphatic heterocycles. The standard InChI is InChI=1S/C23H22FN3O5/c1-32-23(31)15-6-8-16(9-7-15)27-20(28)14-19(22(27)30)25-10-12-26(13-11-25)21(29)17-4-2-3-5-18(17)24/h2-9,19H,10-14H2,1H3/p+1/t19-/m0/s1. The molecule has 2 saturated heterocycles. The van der Waals surface area contributed by atoms with Crippen molar-refractivity contribution >= 4 is 29.4 Å². The number of amides is 3. The molecule has 2 aromatic carbocycles. The van der Waals surface area contributed by atoms with Gasteiger partial charge in [-0.1, -0.05) is 12.1 Å². The molecule has 1 atom stereocenters. The molecule has 0 spiro atoms. The molecule has 2 fully saturated rings. The van der Waals surface area contributed by atoms with Crippen LogP contribution in [-0.4, -0.2) is 67.9 Å². The van der Waals surface area contributed by atoms with Gasteiger partial charge in [0, 0.05) is 0 Å². The second kappa shape index (κ2) is 8.88. The summed E-state index contributed by atoms with van der Waals surface area (Å²) in [6.07, 6.45) is 0.0776. The number of ether oxygens (including phenoxy) is 1. The van der Waals surface area contributed by atoms with E-state index in [0.29, 0.717) is 37.4 Å². The third-order valence-electron chi connectivity index (χ3n) is 5.98. The van der Waals surface area contributed by atoms with E-state index in [4.69, 9.17) is 0 Å². The maximum absolute atomic E-state index is 13.9. The van der Waals surface area contributed by atoms with Crippen molar-refractivity contribution in [1.82, 2.24) is 4.90 Å². The summed E-state index contributed by atoms with van der Waals surface area (Å²) >= 11 is 0. The Balaban J connectivity index is 1.41. The molecule has 9 heteroatoms. The zero-order valence-electron chi connectivity index (χ0n) is 17.5. The Kier molecular flexibility index (Phi) is 6.00. The topological polar surface area (TPSA) is 88.4 Å². The number of benzene rings is 2. The maximum Gasteiger partial charge on any atom is 0.337 e. The van der Waals surface area contributed by atoms with Gasteiger partial charge in [-0.2, -0.15) is 0 Å². The molecule has 2 aromatic rings. The van der Waals surface area contributed by atoms with E-state index in [-0.39, 0.29) is 29.7 Å². The summed E-state index contributed by atoms with van der Waals surface area (Å²) in [5.41, 5.74) is 0.765. The van der Waals surface area contributed by atoms with Crippen LogP contribution in [-0.2, 0) is 14.3 Å². The van der Waals surface area contributed by atoms with E-state index < -0.39 is 17.8 Å². The number of hydrogen-bond acceptors (Lipinski definition) is 5. The predicted molar refractivity (Wildman–Crippen MR) is 112 cm³/mol. The number of quaternary nitrogens is 1. The number of imide groups is 1. The molecule has 8 nitrogen and oxygen atoms in total. The Hall–Kier alpha value is -3.59. The first kappa shape index (κ1) is 21.6. The number of halogens is 1. The van der Waals surface area contributed by atoms with Crippen LogP contribution in [0.3, 0.4) is 0 Å². The van der Waals surface area contributed by atoms with Gasteiger partial charge in [0.25, 0.3) is 11.8 Å². The minimum atomic E-state index is -0.558. The van der Waals surface area contributed by atoms with Crippen molar-refractivity contribution in [2.75, 3.05) is 38.2 Å². The molecule has 0 aliphatic carbocycles. The molecular weight excluding hydrogens is 417 g/mol. The number of carbonyl (C=O) groups excluding carboxylic acids is 4. The van der Waals surface area contributed by atoms with Gasteiger partial charge in [-0.05, 0) is 36.4 Å². The summed E-state index contributed by atoms with van der Waals surface area (Å²) in [6.45, 7) is 1.71. The minimum Gasteiger partial charge on any atom is -0.465 e. The van der Waals surface area contributed by atoms with Crippen LogP contribution in [0.4, 0.5) is 10.1 Å². The van der Waals surface area contributed by atoms with Crippen molar-refractivity contribution in [2.45, 2.75) is 12.5 Å². The van der Waals surface area contributed by atoms with Gasteiger partial charge in [0.2, 0.25) is 5.91 Å². The van der Waals surface area contributed by atoms with Crippen LogP contribution in [0, 0.1) is 5.82 Å². The van der Waals surface area contributed by atoms with Gasteiger partial charge in [-0.25, -0.2) is 14.1 Å². The molecule has 2 heterocycles. The molecule has 0 saturated carbocycles. The third kappa shape index (κ3) is 3.99. The van der Waals surface area contributed by atoms with Crippen molar-refractivity contribution in [3.05, 3.63) is 65.5 Å². The van der Waals surface area contributed by atoms with Gasteiger partial charge >= 0.3 is 5.97 Å². The van der Waals surface area contributed by atoms with Gasteiger partial charge in [0.05, 0.1) is 56.5 Å². The van der Waals surface area contributed by atoms with E-state index in [1.807, 2.05) is 0 Å². The summed E-state index contributed by atoms with van der Waals surface area (Å²) in [7, 11) is 1.28. The summed E-state index contributed by atoms with van der Waals surface area (Å²) < 4.78 is 18.6. The zero-order chi connectivity index (χ0) is 22.8. The average molecular weight is 440 g/mol. The van der Waals surface area contributed by atoms with Crippen LogP contribution >= 0.6 is 0 Å². The lowest BCUT2D eigenvalue weighted by Gasteiger charge is -2.34. The van der Waals surface area contributed by atoms with E-state index >= 15 is 0 Å². The lowest BCUT2D eigenvalue weighted by molar-refractivity contribution is -0.918. The van der Waals surface area contributed by atoms with E-state index in [1.54, 1.807) is 23.1 Å². The highest BCUT2D eigenvalue weighted by Gasteiger charge is 2.46. The number of esters is 1. The summed E-state index contributed by atoms with van der Waals surface area (Å²) in [4.78, 5) is 53.5. The first-order valence-electron chi connectivity index (χ1n) is 10.3. The molecule has 32 heavy (non-hydrogen) atoms. The van der Waals surface area contributed by atoms with E-state index in [9.17, 15) is 23.6 Å². The quantitative estimate of drug-likeness (QED) is 0.545. The number of anilines is 1. The van der Waals surface area contributed by atoms with E-state index in [2.05, 4.69) is 4.74 Å². The van der Waals surface area contributed by atoms with E-state index in [1.165, 1.54) is 37.4 Å². The maximum atomic E-state index is 13.9. The van der Waals surface area contributed by atoms with Gasteiger partial charge in [-0.15, -0.1) is 0 Å². The van der Waals surface area contributed by atoms with Crippen LogP contribution in [0.2, 0.25) is 0 Å². The van der Waals surface area contributed by atoms with Crippen LogP contribution in [0.25, 0.3) is 0 Å². The summed E-state index contributed by atoms with van der Waals surface area (Å²) in [5.74, 6) is -2.03. The molecule has 2 aliphatic rings. The highest BCUT2D eigenvalue weighted by molar-refractivity contribution is 6.22. The van der Waals surface area contributed by atoms with Crippen LogP contribution in [0.15, 0.2) is 48.5 Å². The van der Waals surface area contributed by atoms with Gasteiger partial charge in [0.1, 0.15) is 5.82 Å². The fourth-order valence-electron chi connectivity index (χ4n) is 4.24. The molecule has 1 N–H and O–H groups in total. The Morgan fingerprint density at radius 3 is 2.31 bits per heavy atom. The largest absolute Gasteiger partial charge is 0.465 e. The Bertz CT molecular complexity index is 1060. The Morgan fingerprint density at radius 2 is 1.69 bits per heavy atom. The zero-order valence-corrected chi connectivity index (χ0v) is 17.5. The smallest absolute Gasteiger partial charge is 0.337 e. The monoisotopic (exact) mass is 440 g/mol. The molecular formula is C23H23FN3O5+. The molecule has 166 valence electrons.